The van der Waals surface area contributed by atoms with E-state index in [1.165, 1.54) is 5.56 Å². The predicted molar refractivity (Wildman–Crippen MR) is 141 cm³/mol. The number of imide groups is 1. The zero-order valence-corrected chi connectivity index (χ0v) is 20.9. The standard InChI is InChI=1S/C27H24N2O4S2/c1-18-5-3-6-20(13-18)17-33-22-11-9-19(10-12-22)14-24-26(31)29(27(32)35-24)16-25(30)28-21-7-4-8-23(15-21)34-2/h3-15H,16-17H2,1-2H3,(H,28,30)/b24-14+. The lowest BCUT2D eigenvalue weighted by Gasteiger charge is -2.12. The quantitative estimate of drug-likeness (QED) is 0.301. The van der Waals surface area contributed by atoms with Crippen LogP contribution in [-0.2, 0) is 16.2 Å². The average molecular weight is 505 g/mol. The molecule has 1 aliphatic rings. The van der Waals surface area contributed by atoms with Crippen molar-refractivity contribution in [3.8, 4) is 5.75 Å². The van der Waals surface area contributed by atoms with E-state index < -0.39 is 17.1 Å². The maximum Gasteiger partial charge on any atom is 0.294 e. The number of thioether (sulfide) groups is 2. The van der Waals surface area contributed by atoms with Crippen LogP contribution in [0, 0.1) is 6.92 Å². The number of nitrogens with one attached hydrogen (secondary N) is 1. The highest BCUT2D eigenvalue weighted by Crippen LogP contribution is 2.32. The molecule has 0 bridgehead atoms. The van der Waals surface area contributed by atoms with Crippen LogP contribution < -0.4 is 10.1 Å². The number of aryl methyl sites for hydroxylation is 1. The number of amides is 3. The van der Waals surface area contributed by atoms with Crippen molar-refractivity contribution >= 4 is 52.3 Å². The van der Waals surface area contributed by atoms with Gasteiger partial charge in [0.15, 0.2) is 0 Å². The molecule has 0 unspecified atom stereocenters. The summed E-state index contributed by atoms with van der Waals surface area (Å²) in [5.41, 5.74) is 3.65. The Hall–Kier alpha value is -3.49. The van der Waals surface area contributed by atoms with Gasteiger partial charge in [-0.15, -0.1) is 11.8 Å². The number of benzene rings is 3. The number of carbonyl (C=O) groups is 3. The minimum absolute atomic E-state index is 0.278. The Bertz CT molecular complexity index is 1290. The predicted octanol–water partition coefficient (Wildman–Crippen LogP) is 5.97. The van der Waals surface area contributed by atoms with Gasteiger partial charge < -0.3 is 10.1 Å². The van der Waals surface area contributed by atoms with E-state index in [9.17, 15) is 14.4 Å². The summed E-state index contributed by atoms with van der Waals surface area (Å²) in [4.78, 5) is 39.8. The highest BCUT2D eigenvalue weighted by atomic mass is 32.2. The van der Waals surface area contributed by atoms with Crippen molar-refractivity contribution in [2.75, 3.05) is 18.1 Å². The van der Waals surface area contributed by atoms with E-state index in [1.807, 2.05) is 73.8 Å². The summed E-state index contributed by atoms with van der Waals surface area (Å²) in [5.74, 6) is -0.200. The van der Waals surface area contributed by atoms with Crippen LogP contribution in [0.15, 0.2) is 82.6 Å². The fourth-order valence-electron chi connectivity index (χ4n) is 3.46. The van der Waals surface area contributed by atoms with Crippen LogP contribution >= 0.6 is 23.5 Å². The Labute approximate surface area is 212 Å². The largest absolute Gasteiger partial charge is 0.489 e. The highest BCUT2D eigenvalue weighted by molar-refractivity contribution is 8.18. The fourth-order valence-corrected chi connectivity index (χ4v) is 4.76. The molecule has 35 heavy (non-hydrogen) atoms. The number of hydrogen-bond donors (Lipinski definition) is 1. The summed E-state index contributed by atoms with van der Waals surface area (Å²) in [5, 5.41) is 2.28. The minimum atomic E-state index is -0.479. The number of hydrogen-bond acceptors (Lipinski definition) is 6. The Kier molecular flexibility index (Phi) is 7.94. The molecule has 3 aromatic rings. The molecule has 4 rings (SSSR count). The van der Waals surface area contributed by atoms with Crippen LogP contribution in [0.1, 0.15) is 16.7 Å². The van der Waals surface area contributed by atoms with Crippen LogP contribution in [0.4, 0.5) is 10.5 Å². The Morgan fingerprint density at radius 1 is 1.06 bits per heavy atom. The second-order valence-electron chi connectivity index (χ2n) is 7.89. The van der Waals surface area contributed by atoms with E-state index in [4.69, 9.17) is 4.74 Å². The third-order valence-electron chi connectivity index (χ3n) is 5.19. The van der Waals surface area contributed by atoms with E-state index >= 15 is 0 Å². The van der Waals surface area contributed by atoms with Gasteiger partial charge >= 0.3 is 0 Å². The van der Waals surface area contributed by atoms with Crippen molar-refractivity contribution in [2.24, 2.45) is 0 Å². The lowest BCUT2D eigenvalue weighted by molar-refractivity contribution is -0.127. The summed E-state index contributed by atoms with van der Waals surface area (Å²) in [7, 11) is 0. The normalized spacial score (nSPS) is 14.5. The molecule has 1 fully saturated rings. The fraction of sp³-hybridized carbons (Fsp3) is 0.148. The van der Waals surface area contributed by atoms with Crippen LogP contribution in [-0.4, -0.2) is 34.8 Å². The second-order valence-corrected chi connectivity index (χ2v) is 9.77. The molecular weight excluding hydrogens is 480 g/mol. The minimum Gasteiger partial charge on any atom is -0.489 e. The topological polar surface area (TPSA) is 75.7 Å². The molecule has 6 nitrogen and oxygen atoms in total. The number of carbonyl (C=O) groups excluding carboxylic acids is 3. The average Bonchev–Trinajstić information content (AvgIpc) is 3.11. The van der Waals surface area contributed by atoms with E-state index in [1.54, 1.807) is 23.9 Å². The number of nitrogens with zero attached hydrogens (tertiary/aromatic N) is 1. The van der Waals surface area contributed by atoms with Crippen molar-refractivity contribution in [3.05, 3.63) is 94.4 Å². The Morgan fingerprint density at radius 3 is 2.57 bits per heavy atom. The maximum atomic E-state index is 12.8. The lowest BCUT2D eigenvalue weighted by atomic mass is 10.1. The van der Waals surface area contributed by atoms with Gasteiger partial charge in [0.05, 0.1) is 4.91 Å². The number of ether oxygens (including phenoxy) is 1. The number of rotatable bonds is 8. The molecule has 3 amide bonds. The molecule has 1 aliphatic heterocycles. The molecule has 0 aliphatic carbocycles. The molecule has 8 heteroatoms. The van der Waals surface area contributed by atoms with Crippen LogP contribution in [0.25, 0.3) is 6.08 Å². The molecule has 0 spiro atoms. The van der Waals surface area contributed by atoms with Gasteiger partial charge in [-0.2, -0.15) is 0 Å². The van der Waals surface area contributed by atoms with Crippen molar-refractivity contribution < 1.29 is 19.1 Å². The molecule has 0 aromatic heterocycles. The zero-order chi connectivity index (χ0) is 24.8. The molecule has 1 N–H and O–H groups in total. The zero-order valence-electron chi connectivity index (χ0n) is 19.3. The summed E-state index contributed by atoms with van der Waals surface area (Å²) in [6.07, 6.45) is 3.59. The molecule has 178 valence electrons. The van der Waals surface area contributed by atoms with Crippen LogP contribution in [0.2, 0.25) is 0 Å². The van der Waals surface area contributed by atoms with Crippen molar-refractivity contribution in [2.45, 2.75) is 18.4 Å². The third-order valence-corrected chi connectivity index (χ3v) is 6.83. The van der Waals surface area contributed by atoms with Gasteiger partial charge in [-0.3, -0.25) is 19.3 Å². The Balaban J connectivity index is 1.35. The van der Waals surface area contributed by atoms with Gasteiger partial charge in [-0.25, -0.2) is 0 Å². The van der Waals surface area contributed by atoms with Crippen molar-refractivity contribution in [1.82, 2.24) is 4.90 Å². The van der Waals surface area contributed by atoms with Crippen LogP contribution in [0.5, 0.6) is 5.75 Å². The first-order valence-corrected chi connectivity index (χ1v) is 12.9. The second kappa shape index (κ2) is 11.3. The monoisotopic (exact) mass is 504 g/mol. The molecule has 1 heterocycles. The summed E-state index contributed by atoms with van der Waals surface area (Å²) < 4.78 is 5.83. The van der Waals surface area contributed by atoms with Crippen molar-refractivity contribution in [3.63, 3.8) is 0 Å². The molecule has 0 radical (unpaired) electrons. The summed E-state index contributed by atoms with van der Waals surface area (Å²) in [6, 6.07) is 22.8. The van der Waals surface area contributed by atoms with E-state index in [2.05, 4.69) is 11.4 Å². The van der Waals surface area contributed by atoms with Crippen molar-refractivity contribution in [1.29, 1.82) is 0 Å². The first-order chi connectivity index (χ1) is 16.9. The third kappa shape index (κ3) is 6.55. The Morgan fingerprint density at radius 2 is 1.83 bits per heavy atom. The van der Waals surface area contributed by atoms with E-state index in [-0.39, 0.29) is 11.4 Å². The summed E-state index contributed by atoms with van der Waals surface area (Å²) >= 11 is 2.39. The van der Waals surface area contributed by atoms with E-state index in [0.29, 0.717) is 18.0 Å². The first-order valence-electron chi connectivity index (χ1n) is 10.9. The van der Waals surface area contributed by atoms with Gasteiger partial charge in [0.2, 0.25) is 5.91 Å². The van der Waals surface area contributed by atoms with Gasteiger partial charge in [0.1, 0.15) is 18.9 Å². The van der Waals surface area contributed by atoms with E-state index in [0.717, 1.165) is 32.7 Å². The number of anilines is 1. The van der Waals surface area contributed by atoms with Crippen LogP contribution in [0.3, 0.4) is 0 Å². The molecular formula is C27H24N2O4S2. The maximum absolute atomic E-state index is 12.8. The van der Waals surface area contributed by atoms with Gasteiger partial charge in [-0.05, 0) is 72.5 Å². The van der Waals surface area contributed by atoms with Gasteiger partial charge in [-0.1, -0.05) is 48.0 Å². The van der Waals surface area contributed by atoms with Gasteiger partial charge in [0.25, 0.3) is 11.1 Å². The molecule has 1 saturated heterocycles. The first kappa shape index (κ1) is 24.6. The van der Waals surface area contributed by atoms with Gasteiger partial charge in [0, 0.05) is 10.6 Å². The molecule has 0 atom stereocenters. The molecule has 3 aromatic carbocycles. The molecule has 0 saturated carbocycles. The lowest BCUT2D eigenvalue weighted by Crippen LogP contribution is -2.36. The SMILES string of the molecule is CSc1cccc(NC(=O)CN2C(=O)S/C(=C/c3ccc(OCc4cccc(C)c4)cc3)C2=O)c1. The smallest absolute Gasteiger partial charge is 0.294 e. The highest BCUT2D eigenvalue weighted by Gasteiger charge is 2.36. The summed E-state index contributed by atoms with van der Waals surface area (Å²) in [6.45, 7) is 2.16.